The van der Waals surface area contributed by atoms with E-state index >= 15 is 0 Å². The molecule has 4 rings (SSSR count). The summed E-state index contributed by atoms with van der Waals surface area (Å²) in [5.74, 6) is -0.766. The third-order valence-electron chi connectivity index (χ3n) is 5.71. The summed E-state index contributed by atoms with van der Waals surface area (Å²) in [4.78, 5) is 33.7. The Labute approximate surface area is 205 Å². The molecule has 1 aromatic carbocycles. The molecule has 0 aliphatic carbocycles. The van der Waals surface area contributed by atoms with E-state index in [0.717, 1.165) is 16.7 Å². The fraction of sp³-hybridized carbons (Fsp3) is 0.385. The van der Waals surface area contributed by atoms with Crippen molar-refractivity contribution < 1.29 is 9.53 Å². The largest absolute Gasteiger partial charge is 0.383 e. The predicted molar refractivity (Wildman–Crippen MR) is 138 cm³/mol. The number of rotatable bonds is 5. The van der Waals surface area contributed by atoms with E-state index in [1.165, 1.54) is 55.9 Å². The third kappa shape index (κ3) is 6.97. The highest BCUT2D eigenvalue weighted by atomic mass is 16.5. The van der Waals surface area contributed by atoms with E-state index in [-0.39, 0.29) is 11.4 Å². The van der Waals surface area contributed by atoms with E-state index in [9.17, 15) is 9.59 Å². The van der Waals surface area contributed by atoms with Gasteiger partial charge in [-0.15, -0.1) is 0 Å². The number of benzene rings is 1. The number of carbonyl (C=O) groups is 1. The topological polar surface area (TPSA) is 124 Å². The number of amides is 1. The van der Waals surface area contributed by atoms with E-state index in [4.69, 9.17) is 10.5 Å². The van der Waals surface area contributed by atoms with Crippen molar-refractivity contribution in [1.29, 1.82) is 0 Å². The molecule has 0 atom stereocenters. The van der Waals surface area contributed by atoms with Crippen LogP contribution in [-0.2, 0) is 11.3 Å². The summed E-state index contributed by atoms with van der Waals surface area (Å²) >= 11 is 0. The summed E-state index contributed by atoms with van der Waals surface area (Å²) in [6.45, 7) is 6.75. The zero-order valence-electron chi connectivity index (χ0n) is 20.6. The number of nitrogens with zero attached hydrogens (tertiary/aromatic N) is 3. The first-order valence-electron chi connectivity index (χ1n) is 11.8. The van der Waals surface area contributed by atoms with Crippen LogP contribution >= 0.6 is 0 Å². The average molecular weight is 479 g/mol. The number of ether oxygens (including phenoxy) is 1. The zero-order chi connectivity index (χ0) is 25.2. The maximum absolute atomic E-state index is 13.1. The number of nitrogen functional groups attached to an aromatic ring is 1. The number of nitrogens with two attached hydrogens (primary N) is 1. The molecule has 4 N–H and O–H groups in total. The third-order valence-corrected chi connectivity index (χ3v) is 5.71. The van der Waals surface area contributed by atoms with Gasteiger partial charge in [-0.1, -0.05) is 25.0 Å². The number of hydrogen-bond donors (Lipinski definition) is 3. The fourth-order valence-corrected chi connectivity index (χ4v) is 4.12. The monoisotopic (exact) mass is 478 g/mol. The summed E-state index contributed by atoms with van der Waals surface area (Å²) in [6, 6.07) is 7.21. The molecule has 3 heterocycles. The number of hydrogen-bond acceptors (Lipinski definition) is 7. The molecule has 0 spiro atoms. The molecule has 186 valence electrons. The number of nitrogens with one attached hydrogen (secondary N) is 2. The van der Waals surface area contributed by atoms with E-state index in [1.54, 1.807) is 25.4 Å². The van der Waals surface area contributed by atoms with Crippen molar-refractivity contribution in [2.75, 3.05) is 31.2 Å². The number of anilines is 2. The molecular formula is C26H34N6O3. The lowest BCUT2D eigenvalue weighted by atomic mass is 10.0. The van der Waals surface area contributed by atoms with Crippen molar-refractivity contribution >= 4 is 17.4 Å². The molecule has 9 heteroatoms. The molecule has 1 aliphatic heterocycles. The van der Waals surface area contributed by atoms with Crippen LogP contribution in [0.5, 0.6) is 0 Å². The number of aryl methyl sites for hydroxylation is 2. The minimum atomic E-state index is -0.636. The van der Waals surface area contributed by atoms with E-state index in [0.29, 0.717) is 18.0 Å². The van der Waals surface area contributed by atoms with Crippen LogP contribution in [0.3, 0.4) is 0 Å². The van der Waals surface area contributed by atoms with Crippen molar-refractivity contribution in [3.8, 4) is 5.69 Å². The van der Waals surface area contributed by atoms with Crippen molar-refractivity contribution in [3.05, 3.63) is 75.6 Å². The highest BCUT2D eigenvalue weighted by molar-refractivity contribution is 6.06. The smallest absolute Gasteiger partial charge is 0.272 e. The maximum atomic E-state index is 13.1. The van der Waals surface area contributed by atoms with Crippen LogP contribution in [0, 0.1) is 13.8 Å². The van der Waals surface area contributed by atoms with Gasteiger partial charge in [0.1, 0.15) is 17.7 Å². The first-order chi connectivity index (χ1) is 16.9. The van der Waals surface area contributed by atoms with Gasteiger partial charge in [0.2, 0.25) is 0 Å². The molecule has 1 fully saturated rings. The number of pyridine rings is 1. The highest BCUT2D eigenvalue weighted by Gasteiger charge is 2.20. The van der Waals surface area contributed by atoms with Crippen molar-refractivity contribution in [3.63, 3.8) is 0 Å². The van der Waals surface area contributed by atoms with Crippen molar-refractivity contribution in [2.24, 2.45) is 0 Å². The van der Waals surface area contributed by atoms with Gasteiger partial charge in [0.05, 0.1) is 24.2 Å². The number of aromatic nitrogens is 3. The van der Waals surface area contributed by atoms with Crippen molar-refractivity contribution in [2.45, 2.75) is 46.1 Å². The van der Waals surface area contributed by atoms with Gasteiger partial charge in [-0.3, -0.25) is 19.1 Å². The lowest BCUT2D eigenvalue weighted by Gasteiger charge is -2.16. The van der Waals surface area contributed by atoms with Gasteiger partial charge in [-0.25, -0.2) is 4.98 Å². The standard InChI is InChI=1S/C20H21N5O3.C6H13N/c1-12-7-14(10-28-3)8-13(2)17(12)25-11-23-18(21)16(20(25)27)19(26)24-15-5-4-6-22-9-15;1-2-4-6-7-5-3-1/h4-9,11H,10,21H2,1-3H3,(H,24,26);7H,1-6H2. The molecular weight excluding hydrogens is 444 g/mol. The Bertz CT molecular complexity index is 1150. The van der Waals surface area contributed by atoms with Gasteiger partial charge in [0, 0.05) is 13.3 Å². The molecule has 0 saturated carbocycles. The molecule has 35 heavy (non-hydrogen) atoms. The normalized spacial score (nSPS) is 13.3. The molecule has 0 radical (unpaired) electrons. The molecule has 0 bridgehead atoms. The van der Waals surface area contributed by atoms with Crippen LogP contribution in [0.4, 0.5) is 11.5 Å². The Morgan fingerprint density at radius 2 is 1.86 bits per heavy atom. The van der Waals surface area contributed by atoms with Gasteiger partial charge < -0.3 is 21.1 Å². The Hall–Kier alpha value is -3.56. The van der Waals surface area contributed by atoms with Crippen LogP contribution in [-0.4, -0.2) is 40.6 Å². The predicted octanol–water partition coefficient (Wildman–Crippen LogP) is 3.38. The Morgan fingerprint density at radius 3 is 2.46 bits per heavy atom. The quantitative estimate of drug-likeness (QED) is 0.513. The van der Waals surface area contributed by atoms with E-state index < -0.39 is 11.5 Å². The first-order valence-corrected chi connectivity index (χ1v) is 11.8. The Balaban J connectivity index is 0.000000420. The minimum absolute atomic E-state index is 0.131. The van der Waals surface area contributed by atoms with E-state index in [2.05, 4.69) is 20.6 Å². The Kier molecular flexibility index (Phi) is 9.51. The van der Waals surface area contributed by atoms with Crippen LogP contribution in [0.2, 0.25) is 0 Å². The number of methoxy groups -OCH3 is 1. The SMILES string of the molecule is C1CCCNCC1.COCc1cc(C)c(-n2cnc(N)c(C(=O)Nc3cccnc3)c2=O)c(C)c1. The maximum Gasteiger partial charge on any atom is 0.272 e. The lowest BCUT2D eigenvalue weighted by Crippen LogP contribution is -2.31. The minimum Gasteiger partial charge on any atom is -0.383 e. The van der Waals surface area contributed by atoms with Crippen LogP contribution in [0.1, 0.15) is 52.7 Å². The highest BCUT2D eigenvalue weighted by Crippen LogP contribution is 2.21. The molecule has 1 amide bonds. The summed E-state index contributed by atoms with van der Waals surface area (Å²) < 4.78 is 6.52. The average Bonchev–Trinajstić information content (AvgIpc) is 3.15. The van der Waals surface area contributed by atoms with Gasteiger partial charge in [0.25, 0.3) is 11.5 Å². The van der Waals surface area contributed by atoms with Crippen molar-refractivity contribution in [1.82, 2.24) is 19.9 Å². The van der Waals surface area contributed by atoms with Crippen LogP contribution in [0.15, 0.2) is 47.8 Å². The van der Waals surface area contributed by atoms with Gasteiger partial charge >= 0.3 is 0 Å². The summed E-state index contributed by atoms with van der Waals surface area (Å²) in [7, 11) is 1.63. The first kappa shape index (κ1) is 26.1. The Morgan fingerprint density at radius 1 is 1.17 bits per heavy atom. The second kappa shape index (κ2) is 12.8. The molecule has 9 nitrogen and oxygen atoms in total. The van der Waals surface area contributed by atoms with Gasteiger partial charge in [-0.2, -0.15) is 0 Å². The number of carbonyl (C=O) groups excluding carboxylic acids is 1. The second-order valence-electron chi connectivity index (χ2n) is 8.55. The van der Waals surface area contributed by atoms with Crippen LogP contribution in [0.25, 0.3) is 5.69 Å². The summed E-state index contributed by atoms with van der Waals surface area (Å²) in [5.41, 5.74) is 8.92. The lowest BCUT2D eigenvalue weighted by molar-refractivity contribution is 0.102. The van der Waals surface area contributed by atoms with Crippen LogP contribution < -0.4 is 21.9 Å². The molecule has 1 aliphatic rings. The van der Waals surface area contributed by atoms with E-state index in [1.807, 2.05) is 26.0 Å². The molecule has 2 aromatic heterocycles. The van der Waals surface area contributed by atoms with Gasteiger partial charge in [0.15, 0.2) is 0 Å². The summed E-state index contributed by atoms with van der Waals surface area (Å²) in [5, 5.41) is 5.97. The zero-order valence-corrected chi connectivity index (χ0v) is 20.6. The summed E-state index contributed by atoms with van der Waals surface area (Å²) in [6.07, 6.45) is 10.1. The molecule has 0 unspecified atom stereocenters. The fourth-order valence-electron chi connectivity index (χ4n) is 4.12. The second-order valence-corrected chi connectivity index (χ2v) is 8.55. The molecule has 3 aromatic rings. The van der Waals surface area contributed by atoms with Gasteiger partial charge in [-0.05, 0) is 68.6 Å². The molecule has 1 saturated heterocycles.